The molecule has 0 radical (unpaired) electrons. The number of aliphatic imine (C=N–C) groups is 1. The first-order valence-electron chi connectivity index (χ1n) is 10.3. The molecule has 2 aliphatic rings. The summed E-state index contributed by atoms with van der Waals surface area (Å²) >= 11 is 0. The van der Waals surface area contributed by atoms with Crippen molar-refractivity contribution < 1.29 is 4.79 Å². The Kier molecular flexibility index (Phi) is 7.74. The molecule has 0 aromatic carbocycles. The number of piperidine rings is 2. The number of carbonyl (C=O) groups is 1. The van der Waals surface area contributed by atoms with Gasteiger partial charge in [0.1, 0.15) is 0 Å². The topological polar surface area (TPSA) is 60.0 Å². The third-order valence-electron chi connectivity index (χ3n) is 6.07. The van der Waals surface area contributed by atoms with E-state index in [2.05, 4.69) is 46.2 Å². The number of amides is 1. The number of nitrogens with one attached hydrogen (secondary N) is 2. The van der Waals surface area contributed by atoms with Gasteiger partial charge in [-0.3, -0.25) is 14.7 Å². The zero-order chi connectivity index (χ0) is 19.2. The van der Waals surface area contributed by atoms with Crippen LogP contribution in [0.2, 0.25) is 0 Å². The Morgan fingerprint density at radius 2 is 1.88 bits per heavy atom. The van der Waals surface area contributed by atoms with Gasteiger partial charge in [-0.1, -0.05) is 6.92 Å². The van der Waals surface area contributed by atoms with Gasteiger partial charge in [0.25, 0.3) is 0 Å². The second-order valence-electron chi connectivity index (χ2n) is 8.71. The van der Waals surface area contributed by atoms with Gasteiger partial charge in [-0.2, -0.15) is 0 Å². The molecule has 1 amide bonds. The van der Waals surface area contributed by atoms with Gasteiger partial charge < -0.3 is 15.5 Å². The van der Waals surface area contributed by atoms with Gasteiger partial charge in [0, 0.05) is 52.2 Å². The Balaban J connectivity index is 1.81. The van der Waals surface area contributed by atoms with E-state index in [1.165, 1.54) is 25.9 Å². The average molecular weight is 366 g/mol. The molecule has 6 nitrogen and oxygen atoms in total. The van der Waals surface area contributed by atoms with Crippen LogP contribution in [0.5, 0.6) is 0 Å². The normalized spacial score (nSPS) is 23.8. The number of likely N-dealkylation sites (tertiary alicyclic amines) is 2. The minimum Gasteiger partial charge on any atom is -0.359 e. The Hall–Kier alpha value is -1.30. The summed E-state index contributed by atoms with van der Waals surface area (Å²) in [5.74, 6) is 2.45. The van der Waals surface area contributed by atoms with Gasteiger partial charge >= 0.3 is 0 Å². The Labute approximate surface area is 159 Å². The fourth-order valence-electron chi connectivity index (χ4n) is 4.19. The third-order valence-corrected chi connectivity index (χ3v) is 6.07. The lowest BCUT2D eigenvalue weighted by Crippen LogP contribution is -2.56. The fraction of sp³-hybridized carbons (Fsp3) is 0.900. The monoisotopic (exact) mass is 365 g/mol. The van der Waals surface area contributed by atoms with Crippen molar-refractivity contribution in [1.29, 1.82) is 0 Å². The van der Waals surface area contributed by atoms with Crippen LogP contribution < -0.4 is 10.6 Å². The summed E-state index contributed by atoms with van der Waals surface area (Å²) in [5.41, 5.74) is 0.127. The van der Waals surface area contributed by atoms with E-state index in [4.69, 9.17) is 0 Å². The van der Waals surface area contributed by atoms with Crippen molar-refractivity contribution in [1.82, 2.24) is 20.4 Å². The minimum absolute atomic E-state index is 0.127. The van der Waals surface area contributed by atoms with Crippen molar-refractivity contribution in [2.45, 2.75) is 58.4 Å². The maximum atomic E-state index is 11.6. The van der Waals surface area contributed by atoms with Crippen LogP contribution >= 0.6 is 0 Å². The number of hydrogen-bond donors (Lipinski definition) is 2. The van der Waals surface area contributed by atoms with E-state index in [9.17, 15) is 4.79 Å². The molecule has 2 fully saturated rings. The van der Waals surface area contributed by atoms with E-state index in [-0.39, 0.29) is 11.4 Å². The van der Waals surface area contributed by atoms with Gasteiger partial charge in [-0.15, -0.1) is 0 Å². The lowest BCUT2D eigenvalue weighted by atomic mass is 9.93. The zero-order valence-electron chi connectivity index (χ0n) is 17.5. The Morgan fingerprint density at radius 3 is 2.46 bits per heavy atom. The molecule has 0 aromatic rings. The van der Waals surface area contributed by atoms with Crippen molar-refractivity contribution in [2.75, 3.05) is 46.8 Å². The second kappa shape index (κ2) is 9.58. The molecule has 26 heavy (non-hydrogen) atoms. The molecule has 1 atom stereocenters. The molecule has 0 bridgehead atoms. The van der Waals surface area contributed by atoms with Gasteiger partial charge in [-0.25, -0.2) is 0 Å². The lowest BCUT2D eigenvalue weighted by molar-refractivity contribution is -0.121. The van der Waals surface area contributed by atoms with Crippen LogP contribution in [0.25, 0.3) is 0 Å². The molecular formula is C20H39N5O. The number of hydrogen-bond acceptors (Lipinski definition) is 3. The fourth-order valence-corrected chi connectivity index (χ4v) is 4.19. The molecule has 0 aromatic heterocycles. The SMILES string of the molecule is CN=C(NCC(C)(C)N1CCCC(C)C1)N1CCC(CC(=O)NC)CC1. The van der Waals surface area contributed by atoms with E-state index < -0.39 is 0 Å². The third kappa shape index (κ3) is 5.86. The number of guanidine groups is 1. The van der Waals surface area contributed by atoms with Crippen molar-refractivity contribution in [3.63, 3.8) is 0 Å². The van der Waals surface area contributed by atoms with Crippen molar-refractivity contribution in [2.24, 2.45) is 16.8 Å². The van der Waals surface area contributed by atoms with Gasteiger partial charge in [0.05, 0.1) is 0 Å². The van der Waals surface area contributed by atoms with Crippen LogP contribution in [0.3, 0.4) is 0 Å². The molecule has 2 rings (SSSR count). The average Bonchev–Trinajstić information content (AvgIpc) is 2.63. The lowest BCUT2D eigenvalue weighted by Gasteiger charge is -2.44. The van der Waals surface area contributed by atoms with Gasteiger partial charge in [0.2, 0.25) is 5.91 Å². The highest BCUT2D eigenvalue weighted by Gasteiger charge is 2.31. The van der Waals surface area contributed by atoms with Crippen molar-refractivity contribution in [3.8, 4) is 0 Å². The van der Waals surface area contributed by atoms with Gasteiger partial charge in [-0.05, 0) is 57.9 Å². The highest BCUT2D eigenvalue weighted by molar-refractivity contribution is 5.80. The summed E-state index contributed by atoms with van der Waals surface area (Å²) in [6.45, 7) is 12.3. The van der Waals surface area contributed by atoms with E-state index in [1.54, 1.807) is 7.05 Å². The molecule has 0 aliphatic carbocycles. The number of nitrogens with zero attached hydrogens (tertiary/aromatic N) is 3. The van der Waals surface area contributed by atoms with E-state index in [1.807, 2.05) is 7.05 Å². The van der Waals surface area contributed by atoms with E-state index in [0.29, 0.717) is 12.3 Å². The maximum absolute atomic E-state index is 11.6. The molecule has 2 N–H and O–H groups in total. The molecule has 6 heteroatoms. The first-order chi connectivity index (χ1) is 12.4. The van der Waals surface area contributed by atoms with Crippen LogP contribution in [0, 0.1) is 11.8 Å². The molecule has 2 saturated heterocycles. The maximum Gasteiger partial charge on any atom is 0.220 e. The van der Waals surface area contributed by atoms with Crippen molar-refractivity contribution >= 4 is 11.9 Å². The molecule has 0 spiro atoms. The summed E-state index contributed by atoms with van der Waals surface area (Å²) in [6.07, 6.45) is 5.42. The largest absolute Gasteiger partial charge is 0.359 e. The van der Waals surface area contributed by atoms with Crippen LogP contribution in [-0.4, -0.2) is 74.0 Å². The highest BCUT2D eigenvalue weighted by Crippen LogP contribution is 2.24. The van der Waals surface area contributed by atoms with Crippen LogP contribution in [-0.2, 0) is 4.79 Å². The summed E-state index contributed by atoms with van der Waals surface area (Å²) in [4.78, 5) is 21.0. The molecule has 2 aliphatic heterocycles. The summed E-state index contributed by atoms with van der Waals surface area (Å²) < 4.78 is 0. The van der Waals surface area contributed by atoms with E-state index in [0.717, 1.165) is 44.4 Å². The predicted molar refractivity (Wildman–Crippen MR) is 108 cm³/mol. The predicted octanol–water partition coefficient (Wildman–Crippen LogP) is 1.92. The molecule has 2 heterocycles. The summed E-state index contributed by atoms with van der Waals surface area (Å²) in [5, 5.41) is 6.35. The highest BCUT2D eigenvalue weighted by atomic mass is 16.1. The van der Waals surface area contributed by atoms with E-state index >= 15 is 0 Å². The smallest absolute Gasteiger partial charge is 0.220 e. The second-order valence-corrected chi connectivity index (χ2v) is 8.71. The Bertz CT molecular complexity index is 483. The molecule has 0 saturated carbocycles. The number of carbonyl (C=O) groups excluding carboxylic acids is 1. The summed E-state index contributed by atoms with van der Waals surface area (Å²) in [6, 6.07) is 0. The first kappa shape index (κ1) is 21.0. The van der Waals surface area contributed by atoms with Crippen LogP contribution in [0.1, 0.15) is 52.9 Å². The summed E-state index contributed by atoms with van der Waals surface area (Å²) in [7, 11) is 3.59. The van der Waals surface area contributed by atoms with Crippen molar-refractivity contribution in [3.05, 3.63) is 0 Å². The standard InChI is InChI=1S/C20H39N5O/c1-16-7-6-10-25(14-16)20(2,3)15-23-19(22-5)24-11-8-17(9-12-24)13-18(26)21-4/h16-17H,6-15H2,1-5H3,(H,21,26)(H,22,23). The zero-order valence-corrected chi connectivity index (χ0v) is 17.5. The van der Waals surface area contributed by atoms with Gasteiger partial charge in [0.15, 0.2) is 5.96 Å². The Morgan fingerprint density at radius 1 is 1.19 bits per heavy atom. The molecule has 1 unspecified atom stereocenters. The number of rotatable bonds is 5. The quantitative estimate of drug-likeness (QED) is 0.577. The molecular weight excluding hydrogens is 326 g/mol. The van der Waals surface area contributed by atoms with Crippen LogP contribution in [0.4, 0.5) is 0 Å². The first-order valence-corrected chi connectivity index (χ1v) is 10.3. The van der Waals surface area contributed by atoms with Crippen LogP contribution in [0.15, 0.2) is 4.99 Å². The molecule has 150 valence electrons. The minimum atomic E-state index is 0.127.